The summed E-state index contributed by atoms with van der Waals surface area (Å²) >= 11 is 0. The SMILES string of the molecule is COC1=C(OC)C2=C(CC1)C(c1cccnc1)=CC2. The van der Waals surface area contributed by atoms with Crippen LogP contribution in [0, 0.1) is 0 Å². The van der Waals surface area contributed by atoms with Crippen molar-refractivity contribution >= 4 is 5.57 Å². The highest BCUT2D eigenvalue weighted by atomic mass is 16.5. The molecule has 2 aliphatic carbocycles. The standard InChI is InChI=1S/C16H17NO2/c1-18-15-8-7-13-12(11-4-3-9-17-10-11)5-6-14(13)16(15)19-2/h3-5,9-10H,6-8H2,1-2H3. The number of ether oxygens (including phenoxy) is 2. The van der Waals surface area contributed by atoms with Crippen LogP contribution in [-0.2, 0) is 9.47 Å². The molecule has 1 aromatic heterocycles. The van der Waals surface area contributed by atoms with Crippen molar-refractivity contribution in [2.75, 3.05) is 14.2 Å². The number of hydrogen-bond donors (Lipinski definition) is 0. The highest BCUT2D eigenvalue weighted by Gasteiger charge is 2.28. The Morgan fingerprint density at radius 1 is 1.11 bits per heavy atom. The molecule has 0 atom stereocenters. The number of aromatic nitrogens is 1. The largest absolute Gasteiger partial charge is 0.497 e. The molecule has 1 heterocycles. The van der Waals surface area contributed by atoms with E-state index in [0.717, 1.165) is 30.8 Å². The minimum atomic E-state index is 0.899. The fourth-order valence-electron chi connectivity index (χ4n) is 2.89. The quantitative estimate of drug-likeness (QED) is 0.828. The second-order valence-electron chi connectivity index (χ2n) is 4.68. The molecule has 3 nitrogen and oxygen atoms in total. The van der Waals surface area contributed by atoms with Crippen LogP contribution in [0.2, 0.25) is 0 Å². The first kappa shape index (κ1) is 12.0. The summed E-state index contributed by atoms with van der Waals surface area (Å²) in [4.78, 5) is 4.21. The minimum absolute atomic E-state index is 0.899. The van der Waals surface area contributed by atoms with E-state index >= 15 is 0 Å². The van der Waals surface area contributed by atoms with Crippen LogP contribution in [0.5, 0.6) is 0 Å². The first-order chi connectivity index (χ1) is 9.35. The third kappa shape index (κ3) is 1.95. The van der Waals surface area contributed by atoms with Gasteiger partial charge in [-0.25, -0.2) is 0 Å². The summed E-state index contributed by atoms with van der Waals surface area (Å²) in [6.45, 7) is 0. The van der Waals surface area contributed by atoms with E-state index in [1.54, 1.807) is 20.4 Å². The van der Waals surface area contributed by atoms with Gasteiger partial charge in [-0.3, -0.25) is 4.98 Å². The molecule has 0 aromatic carbocycles. The summed E-state index contributed by atoms with van der Waals surface area (Å²) in [5, 5.41) is 0. The fraction of sp³-hybridized carbons (Fsp3) is 0.312. The van der Waals surface area contributed by atoms with Gasteiger partial charge in [-0.2, -0.15) is 0 Å². The number of rotatable bonds is 3. The Morgan fingerprint density at radius 3 is 2.68 bits per heavy atom. The molecule has 3 rings (SSSR count). The monoisotopic (exact) mass is 255 g/mol. The molecule has 0 spiro atoms. The van der Waals surface area contributed by atoms with E-state index < -0.39 is 0 Å². The van der Waals surface area contributed by atoms with Gasteiger partial charge in [0.15, 0.2) is 5.76 Å². The average molecular weight is 255 g/mol. The maximum absolute atomic E-state index is 5.54. The van der Waals surface area contributed by atoms with Gasteiger partial charge in [0.25, 0.3) is 0 Å². The zero-order chi connectivity index (χ0) is 13.2. The van der Waals surface area contributed by atoms with Crippen molar-refractivity contribution in [2.24, 2.45) is 0 Å². The van der Waals surface area contributed by atoms with Gasteiger partial charge in [-0.1, -0.05) is 12.1 Å². The Kier molecular flexibility index (Phi) is 3.11. The molecule has 1 aromatic rings. The van der Waals surface area contributed by atoms with E-state index in [9.17, 15) is 0 Å². The summed E-state index contributed by atoms with van der Waals surface area (Å²) in [5.74, 6) is 1.88. The normalized spacial score (nSPS) is 18.3. The van der Waals surface area contributed by atoms with Gasteiger partial charge in [0.05, 0.1) is 14.2 Å². The number of methoxy groups -OCH3 is 2. The number of nitrogens with zero attached hydrogens (tertiary/aromatic N) is 1. The zero-order valence-corrected chi connectivity index (χ0v) is 11.3. The van der Waals surface area contributed by atoms with E-state index in [2.05, 4.69) is 17.1 Å². The summed E-state index contributed by atoms with van der Waals surface area (Å²) in [6, 6.07) is 4.09. The van der Waals surface area contributed by atoms with E-state index in [-0.39, 0.29) is 0 Å². The van der Waals surface area contributed by atoms with Crippen LogP contribution in [0.25, 0.3) is 5.57 Å². The molecule has 0 radical (unpaired) electrons. The van der Waals surface area contributed by atoms with Gasteiger partial charge in [0.1, 0.15) is 5.76 Å². The molecule has 0 amide bonds. The first-order valence-electron chi connectivity index (χ1n) is 6.49. The van der Waals surface area contributed by atoms with E-state index in [0.29, 0.717) is 0 Å². The van der Waals surface area contributed by atoms with Crippen molar-refractivity contribution in [2.45, 2.75) is 19.3 Å². The predicted octanol–water partition coefficient (Wildman–Crippen LogP) is 3.46. The molecular formula is C16H17NO2. The Morgan fingerprint density at radius 2 is 2.00 bits per heavy atom. The molecule has 3 heteroatoms. The lowest BCUT2D eigenvalue weighted by Gasteiger charge is -2.22. The lowest BCUT2D eigenvalue weighted by molar-refractivity contribution is 0.213. The maximum atomic E-state index is 5.54. The van der Waals surface area contributed by atoms with Crippen molar-refractivity contribution < 1.29 is 9.47 Å². The molecule has 0 saturated heterocycles. The second kappa shape index (κ2) is 4.92. The van der Waals surface area contributed by atoms with Crippen LogP contribution in [0.3, 0.4) is 0 Å². The smallest absolute Gasteiger partial charge is 0.160 e. The molecule has 0 aliphatic heterocycles. The van der Waals surface area contributed by atoms with Crippen molar-refractivity contribution in [3.05, 3.63) is 58.8 Å². The van der Waals surface area contributed by atoms with Crippen molar-refractivity contribution in [3.63, 3.8) is 0 Å². The lowest BCUT2D eigenvalue weighted by atomic mass is 9.91. The van der Waals surface area contributed by atoms with Gasteiger partial charge in [-0.15, -0.1) is 0 Å². The van der Waals surface area contributed by atoms with Gasteiger partial charge < -0.3 is 9.47 Å². The Hall–Kier alpha value is -2.03. The van der Waals surface area contributed by atoms with Gasteiger partial charge >= 0.3 is 0 Å². The Balaban J connectivity index is 2.02. The first-order valence-corrected chi connectivity index (χ1v) is 6.49. The van der Waals surface area contributed by atoms with Crippen LogP contribution in [0.15, 0.2) is 53.3 Å². The Bertz CT molecular complexity index is 582. The summed E-state index contributed by atoms with van der Waals surface area (Å²) in [7, 11) is 3.43. The average Bonchev–Trinajstić information content (AvgIpc) is 2.91. The van der Waals surface area contributed by atoms with E-state index in [1.807, 2.05) is 12.3 Å². The molecule has 98 valence electrons. The molecule has 0 unspecified atom stereocenters. The molecule has 0 fully saturated rings. The molecular weight excluding hydrogens is 238 g/mol. The molecule has 2 aliphatic rings. The van der Waals surface area contributed by atoms with Gasteiger partial charge in [-0.05, 0) is 35.6 Å². The van der Waals surface area contributed by atoms with Gasteiger partial charge in [0.2, 0.25) is 0 Å². The highest BCUT2D eigenvalue weighted by molar-refractivity contribution is 5.84. The second-order valence-corrected chi connectivity index (χ2v) is 4.68. The minimum Gasteiger partial charge on any atom is -0.497 e. The molecule has 19 heavy (non-hydrogen) atoms. The van der Waals surface area contributed by atoms with Crippen molar-refractivity contribution in [1.29, 1.82) is 0 Å². The zero-order valence-electron chi connectivity index (χ0n) is 11.3. The molecule has 0 saturated carbocycles. The van der Waals surface area contributed by atoms with E-state index in [4.69, 9.17) is 9.47 Å². The van der Waals surface area contributed by atoms with Crippen LogP contribution in [0.4, 0.5) is 0 Å². The maximum Gasteiger partial charge on any atom is 0.160 e. The van der Waals surface area contributed by atoms with Crippen molar-refractivity contribution in [3.8, 4) is 0 Å². The third-order valence-electron chi connectivity index (χ3n) is 3.75. The van der Waals surface area contributed by atoms with Crippen LogP contribution in [-0.4, -0.2) is 19.2 Å². The van der Waals surface area contributed by atoms with Crippen LogP contribution >= 0.6 is 0 Å². The highest BCUT2D eigenvalue weighted by Crippen LogP contribution is 2.44. The Labute approximate surface area is 113 Å². The van der Waals surface area contributed by atoms with Crippen molar-refractivity contribution in [1.82, 2.24) is 4.98 Å². The molecule has 0 N–H and O–H groups in total. The summed E-state index contributed by atoms with van der Waals surface area (Å²) in [5.41, 5.74) is 5.13. The summed E-state index contributed by atoms with van der Waals surface area (Å²) in [6.07, 6.45) is 8.81. The number of allylic oxidation sites excluding steroid dienone is 5. The van der Waals surface area contributed by atoms with Gasteiger partial charge in [0, 0.05) is 24.4 Å². The van der Waals surface area contributed by atoms with Crippen LogP contribution in [0.1, 0.15) is 24.8 Å². The lowest BCUT2D eigenvalue weighted by Crippen LogP contribution is -2.07. The predicted molar refractivity (Wildman–Crippen MR) is 74.1 cm³/mol. The van der Waals surface area contributed by atoms with E-state index in [1.165, 1.54) is 22.3 Å². The molecule has 0 bridgehead atoms. The van der Waals surface area contributed by atoms with Crippen LogP contribution < -0.4 is 0 Å². The number of hydrogen-bond acceptors (Lipinski definition) is 3. The number of pyridine rings is 1. The fourth-order valence-corrected chi connectivity index (χ4v) is 2.89. The third-order valence-corrected chi connectivity index (χ3v) is 3.75. The summed E-state index contributed by atoms with van der Waals surface area (Å²) < 4.78 is 11.0. The topological polar surface area (TPSA) is 31.4 Å².